The molecular weight excluding hydrogens is 466 g/mol. The maximum Gasteiger partial charge on any atom is 0.408 e. The van der Waals surface area contributed by atoms with Crippen molar-refractivity contribution in [2.45, 2.75) is 84.9 Å². The van der Waals surface area contributed by atoms with E-state index in [9.17, 15) is 14.4 Å². The highest BCUT2D eigenvalue weighted by molar-refractivity contribution is 5.90. The van der Waals surface area contributed by atoms with Crippen LogP contribution in [0.25, 0.3) is 0 Å². The van der Waals surface area contributed by atoms with E-state index in [2.05, 4.69) is 17.6 Å². The Labute approximate surface area is 222 Å². The number of rotatable bonds is 13. The highest BCUT2D eigenvalue weighted by atomic mass is 16.6. The summed E-state index contributed by atoms with van der Waals surface area (Å²) >= 11 is 0. The van der Waals surface area contributed by atoms with Crippen molar-refractivity contribution >= 4 is 17.9 Å². The summed E-state index contributed by atoms with van der Waals surface area (Å²) in [6.07, 6.45) is 4.40. The molecule has 0 fully saturated rings. The lowest BCUT2D eigenvalue weighted by atomic mass is 9.98. The average Bonchev–Trinajstić information content (AvgIpc) is 2.85. The second-order valence-corrected chi connectivity index (χ2v) is 10.3. The van der Waals surface area contributed by atoms with Gasteiger partial charge in [-0.2, -0.15) is 0 Å². The monoisotopic (exact) mass is 509 g/mol. The van der Waals surface area contributed by atoms with Crippen LogP contribution >= 0.6 is 0 Å². The molecule has 0 aliphatic carbocycles. The van der Waals surface area contributed by atoms with Gasteiger partial charge in [-0.15, -0.1) is 0 Å². The molecule has 0 aliphatic rings. The molecule has 0 saturated carbocycles. The lowest BCUT2D eigenvalue weighted by molar-refractivity contribution is -0.140. The molecule has 0 radical (unpaired) electrons. The zero-order valence-electron chi connectivity index (χ0n) is 23.0. The third kappa shape index (κ3) is 10.7. The molecule has 2 rings (SSSR count). The van der Waals surface area contributed by atoms with Crippen LogP contribution in [-0.4, -0.2) is 41.5 Å². The molecular formula is C30H43N3O4. The molecule has 0 spiro atoms. The summed E-state index contributed by atoms with van der Waals surface area (Å²) in [5.74, 6) is -0.582. The van der Waals surface area contributed by atoms with Crippen molar-refractivity contribution in [3.8, 4) is 0 Å². The molecule has 7 heteroatoms. The highest BCUT2D eigenvalue weighted by Gasteiger charge is 2.32. The fourth-order valence-corrected chi connectivity index (χ4v) is 4.07. The Kier molecular flexibility index (Phi) is 12.1. The molecule has 0 heterocycles. The van der Waals surface area contributed by atoms with E-state index in [1.165, 1.54) is 0 Å². The molecule has 1 unspecified atom stereocenters. The minimum atomic E-state index is -0.816. The molecule has 0 aliphatic heterocycles. The Hall–Kier alpha value is -3.35. The number of hydrogen-bond acceptors (Lipinski definition) is 4. The van der Waals surface area contributed by atoms with Crippen LogP contribution in [0.4, 0.5) is 4.79 Å². The molecule has 0 saturated heterocycles. The first-order valence-corrected chi connectivity index (χ1v) is 13.3. The van der Waals surface area contributed by atoms with Crippen LogP contribution in [0.1, 0.15) is 82.5 Å². The molecule has 3 amide bonds. The standard InChI is InChI=1S/C30H43N3O4/c1-6-7-8-9-15-20-33(26(34)22-32-29(36)37-30(3,4)5)27(25-19-14-13-16-23(25)2)28(35)31-21-24-17-11-10-12-18-24/h10-14,16-19,27H,6-9,15,20-22H2,1-5H3,(H,31,35)(H,32,36). The number of alkyl carbamates (subject to hydrolysis) is 1. The predicted octanol–water partition coefficient (Wildman–Crippen LogP) is 5.68. The number of amides is 3. The maximum atomic E-state index is 13.7. The Balaban J connectivity index is 2.28. The molecule has 2 aromatic rings. The Morgan fingerprint density at radius 1 is 0.892 bits per heavy atom. The van der Waals surface area contributed by atoms with Gasteiger partial charge in [0.25, 0.3) is 0 Å². The third-order valence-electron chi connectivity index (χ3n) is 5.96. The second kappa shape index (κ2) is 15.0. The van der Waals surface area contributed by atoms with E-state index in [1.807, 2.05) is 61.5 Å². The first-order chi connectivity index (χ1) is 17.6. The van der Waals surface area contributed by atoms with E-state index in [0.29, 0.717) is 13.1 Å². The minimum absolute atomic E-state index is 0.252. The zero-order chi connectivity index (χ0) is 27.3. The first kappa shape index (κ1) is 29.9. The molecule has 7 nitrogen and oxygen atoms in total. The van der Waals surface area contributed by atoms with Gasteiger partial charge in [0.15, 0.2) is 0 Å². The summed E-state index contributed by atoms with van der Waals surface area (Å²) in [5.41, 5.74) is 1.99. The van der Waals surface area contributed by atoms with Gasteiger partial charge in [0.2, 0.25) is 11.8 Å². The quantitative estimate of drug-likeness (QED) is 0.340. The largest absolute Gasteiger partial charge is 0.444 e. The number of carbonyl (C=O) groups excluding carboxylic acids is 3. The summed E-state index contributed by atoms with van der Waals surface area (Å²) in [6, 6.07) is 16.5. The average molecular weight is 510 g/mol. The molecule has 2 N–H and O–H groups in total. The van der Waals surface area contributed by atoms with Crippen LogP contribution < -0.4 is 10.6 Å². The fourth-order valence-electron chi connectivity index (χ4n) is 4.07. The summed E-state index contributed by atoms with van der Waals surface area (Å²) in [5, 5.41) is 5.59. The smallest absolute Gasteiger partial charge is 0.408 e. The van der Waals surface area contributed by atoms with Gasteiger partial charge in [-0.1, -0.05) is 87.2 Å². The Morgan fingerprint density at radius 2 is 1.54 bits per heavy atom. The molecule has 37 heavy (non-hydrogen) atoms. The topological polar surface area (TPSA) is 87.7 Å². The number of aryl methyl sites for hydroxylation is 1. The van der Waals surface area contributed by atoms with Crippen molar-refractivity contribution < 1.29 is 19.1 Å². The van der Waals surface area contributed by atoms with Gasteiger partial charge in [0, 0.05) is 13.1 Å². The van der Waals surface area contributed by atoms with Gasteiger partial charge in [0.05, 0.1) is 0 Å². The number of ether oxygens (including phenoxy) is 1. The SMILES string of the molecule is CCCCCCCN(C(=O)CNC(=O)OC(C)(C)C)C(C(=O)NCc1ccccc1)c1ccccc1C. The van der Waals surface area contributed by atoms with Crippen LogP contribution in [0, 0.1) is 6.92 Å². The van der Waals surface area contributed by atoms with Gasteiger partial charge in [-0.05, 0) is 50.8 Å². The molecule has 1 atom stereocenters. The number of nitrogens with zero attached hydrogens (tertiary/aromatic N) is 1. The van der Waals surface area contributed by atoms with Gasteiger partial charge in [0.1, 0.15) is 18.2 Å². The van der Waals surface area contributed by atoms with Crippen molar-refractivity contribution in [1.29, 1.82) is 0 Å². The number of nitrogens with one attached hydrogen (secondary N) is 2. The van der Waals surface area contributed by atoms with E-state index in [4.69, 9.17) is 4.74 Å². The Bertz CT molecular complexity index is 1000. The Morgan fingerprint density at radius 3 is 2.19 bits per heavy atom. The summed E-state index contributed by atoms with van der Waals surface area (Å²) in [4.78, 5) is 41.0. The maximum absolute atomic E-state index is 13.7. The van der Waals surface area contributed by atoms with Crippen LogP contribution in [0.5, 0.6) is 0 Å². The van der Waals surface area contributed by atoms with Crippen LogP contribution in [0.2, 0.25) is 0 Å². The van der Waals surface area contributed by atoms with E-state index in [0.717, 1.165) is 48.8 Å². The number of benzene rings is 2. The van der Waals surface area contributed by atoms with Gasteiger partial charge in [-0.25, -0.2) is 4.79 Å². The van der Waals surface area contributed by atoms with Gasteiger partial charge < -0.3 is 20.3 Å². The van der Waals surface area contributed by atoms with Crippen molar-refractivity contribution in [1.82, 2.24) is 15.5 Å². The van der Waals surface area contributed by atoms with Crippen LogP contribution in [0.3, 0.4) is 0 Å². The second-order valence-electron chi connectivity index (χ2n) is 10.3. The van der Waals surface area contributed by atoms with E-state index >= 15 is 0 Å². The van der Waals surface area contributed by atoms with Crippen molar-refractivity contribution in [2.24, 2.45) is 0 Å². The van der Waals surface area contributed by atoms with Crippen LogP contribution in [-0.2, 0) is 20.9 Å². The van der Waals surface area contributed by atoms with Crippen molar-refractivity contribution in [3.63, 3.8) is 0 Å². The molecule has 0 bridgehead atoms. The highest BCUT2D eigenvalue weighted by Crippen LogP contribution is 2.26. The molecule has 2 aromatic carbocycles. The summed E-state index contributed by atoms with van der Waals surface area (Å²) in [6.45, 7) is 9.91. The van der Waals surface area contributed by atoms with Crippen LogP contribution in [0.15, 0.2) is 54.6 Å². The normalized spacial score (nSPS) is 11.9. The van der Waals surface area contributed by atoms with Crippen molar-refractivity contribution in [3.05, 3.63) is 71.3 Å². The fraction of sp³-hybridized carbons (Fsp3) is 0.500. The lowest BCUT2D eigenvalue weighted by Crippen LogP contribution is -2.48. The predicted molar refractivity (Wildman–Crippen MR) is 147 cm³/mol. The van der Waals surface area contributed by atoms with E-state index in [1.54, 1.807) is 25.7 Å². The number of hydrogen-bond donors (Lipinski definition) is 2. The molecule has 202 valence electrons. The molecule has 0 aromatic heterocycles. The number of unbranched alkanes of at least 4 members (excludes halogenated alkanes) is 4. The van der Waals surface area contributed by atoms with E-state index < -0.39 is 17.7 Å². The summed E-state index contributed by atoms with van der Waals surface area (Å²) < 4.78 is 5.29. The van der Waals surface area contributed by atoms with Gasteiger partial charge >= 0.3 is 6.09 Å². The third-order valence-corrected chi connectivity index (χ3v) is 5.96. The van der Waals surface area contributed by atoms with Gasteiger partial charge in [-0.3, -0.25) is 9.59 Å². The van der Waals surface area contributed by atoms with E-state index in [-0.39, 0.29) is 18.4 Å². The zero-order valence-corrected chi connectivity index (χ0v) is 23.0. The minimum Gasteiger partial charge on any atom is -0.444 e. The first-order valence-electron chi connectivity index (χ1n) is 13.3. The number of carbonyl (C=O) groups is 3. The van der Waals surface area contributed by atoms with Crippen molar-refractivity contribution in [2.75, 3.05) is 13.1 Å². The summed E-state index contributed by atoms with van der Waals surface area (Å²) in [7, 11) is 0. The lowest BCUT2D eigenvalue weighted by Gasteiger charge is -2.32.